The highest BCUT2D eigenvalue weighted by molar-refractivity contribution is 9.10. The predicted octanol–water partition coefficient (Wildman–Crippen LogP) is 3.16. The van der Waals surface area contributed by atoms with Crippen LogP contribution in [0.15, 0.2) is 15.9 Å². The molecule has 1 unspecified atom stereocenters. The van der Waals surface area contributed by atoms with Crippen molar-refractivity contribution in [1.82, 2.24) is 5.43 Å². The molecule has 80 valence electrons. The van der Waals surface area contributed by atoms with Gasteiger partial charge in [-0.1, -0.05) is 13.8 Å². The number of hydrazine groups is 1. The normalized spacial score (nSPS) is 13.5. The van der Waals surface area contributed by atoms with E-state index in [1.807, 2.05) is 11.8 Å². The Morgan fingerprint density at radius 3 is 2.79 bits per heavy atom. The molecule has 1 aromatic rings. The third-order valence-corrected chi connectivity index (χ3v) is 4.94. The first-order valence-electron chi connectivity index (χ1n) is 4.45. The molecule has 5 heteroatoms. The van der Waals surface area contributed by atoms with Crippen molar-refractivity contribution in [2.75, 3.05) is 5.75 Å². The van der Waals surface area contributed by atoms with Gasteiger partial charge in [-0.05, 0) is 32.6 Å². The molecule has 0 fully saturated rings. The highest BCUT2D eigenvalue weighted by Gasteiger charge is 2.14. The second kappa shape index (κ2) is 6.12. The quantitative estimate of drug-likeness (QED) is 0.647. The van der Waals surface area contributed by atoms with Gasteiger partial charge in [0.15, 0.2) is 0 Å². The number of hydrogen-bond acceptors (Lipinski definition) is 4. The van der Waals surface area contributed by atoms with E-state index < -0.39 is 0 Å². The van der Waals surface area contributed by atoms with Gasteiger partial charge in [-0.25, -0.2) is 0 Å². The van der Waals surface area contributed by atoms with Crippen LogP contribution in [0.1, 0.15) is 24.8 Å². The van der Waals surface area contributed by atoms with Gasteiger partial charge in [0.05, 0.1) is 6.04 Å². The Bertz CT molecular complexity index is 276. The van der Waals surface area contributed by atoms with E-state index in [2.05, 4.69) is 46.6 Å². The molecule has 14 heavy (non-hydrogen) atoms. The fourth-order valence-corrected chi connectivity index (χ4v) is 3.70. The molecule has 0 aliphatic rings. The Labute approximate surface area is 102 Å². The second-order valence-electron chi connectivity index (χ2n) is 3.23. The maximum atomic E-state index is 5.54. The topological polar surface area (TPSA) is 38.0 Å². The van der Waals surface area contributed by atoms with Gasteiger partial charge in [-0.3, -0.25) is 11.3 Å². The van der Waals surface area contributed by atoms with E-state index >= 15 is 0 Å². The summed E-state index contributed by atoms with van der Waals surface area (Å²) in [6.45, 7) is 4.39. The second-order valence-corrected chi connectivity index (χ2v) is 6.65. The van der Waals surface area contributed by atoms with Crippen LogP contribution in [0.3, 0.4) is 0 Å². The lowest BCUT2D eigenvalue weighted by Gasteiger charge is -2.15. The summed E-state index contributed by atoms with van der Waals surface area (Å²) in [5, 5.41) is 2.72. The van der Waals surface area contributed by atoms with Crippen molar-refractivity contribution in [3.63, 3.8) is 0 Å². The molecule has 0 aromatic carbocycles. The molecule has 0 spiro atoms. The maximum Gasteiger partial charge on any atom is 0.0654 e. The Hall–Kier alpha value is 0.450. The average Bonchev–Trinajstić information content (AvgIpc) is 2.53. The number of rotatable bonds is 5. The first-order chi connectivity index (χ1) is 6.65. The molecule has 2 nitrogen and oxygen atoms in total. The smallest absolute Gasteiger partial charge is 0.0654 e. The minimum absolute atomic E-state index is 0.247. The van der Waals surface area contributed by atoms with E-state index in [1.54, 1.807) is 11.3 Å². The van der Waals surface area contributed by atoms with E-state index in [1.165, 1.54) is 4.88 Å². The summed E-state index contributed by atoms with van der Waals surface area (Å²) in [4.78, 5) is 1.28. The summed E-state index contributed by atoms with van der Waals surface area (Å²) in [6.07, 6.45) is 0. The van der Waals surface area contributed by atoms with Crippen molar-refractivity contribution in [1.29, 1.82) is 0 Å². The number of nitrogens with one attached hydrogen (secondary N) is 1. The Morgan fingerprint density at radius 2 is 2.36 bits per heavy atom. The molecule has 1 atom stereocenters. The molecule has 0 radical (unpaired) electrons. The number of thiophene rings is 1. The van der Waals surface area contributed by atoms with Crippen molar-refractivity contribution in [3.8, 4) is 0 Å². The van der Waals surface area contributed by atoms with E-state index in [0.717, 1.165) is 10.2 Å². The predicted molar refractivity (Wildman–Crippen MR) is 69.7 cm³/mol. The maximum absolute atomic E-state index is 5.54. The van der Waals surface area contributed by atoms with Gasteiger partial charge in [-0.2, -0.15) is 11.8 Å². The highest BCUT2D eigenvalue weighted by Crippen LogP contribution is 2.31. The van der Waals surface area contributed by atoms with Crippen LogP contribution in [-0.4, -0.2) is 11.0 Å². The van der Waals surface area contributed by atoms with Crippen LogP contribution in [0, 0.1) is 0 Å². The van der Waals surface area contributed by atoms with Crippen molar-refractivity contribution in [3.05, 3.63) is 20.8 Å². The van der Waals surface area contributed by atoms with Crippen molar-refractivity contribution in [2.45, 2.75) is 25.1 Å². The zero-order chi connectivity index (χ0) is 10.6. The van der Waals surface area contributed by atoms with E-state index in [0.29, 0.717) is 5.25 Å². The molecule has 0 aliphatic carbocycles. The summed E-state index contributed by atoms with van der Waals surface area (Å²) >= 11 is 7.17. The lowest BCUT2D eigenvalue weighted by Crippen LogP contribution is -2.29. The fourth-order valence-electron chi connectivity index (χ4n) is 1.04. The van der Waals surface area contributed by atoms with Crippen molar-refractivity contribution >= 4 is 39.0 Å². The van der Waals surface area contributed by atoms with Crippen molar-refractivity contribution < 1.29 is 0 Å². The van der Waals surface area contributed by atoms with Gasteiger partial charge in [0, 0.05) is 15.1 Å². The highest BCUT2D eigenvalue weighted by atomic mass is 79.9. The third-order valence-electron chi connectivity index (χ3n) is 1.76. The zero-order valence-electron chi connectivity index (χ0n) is 8.29. The lowest BCUT2D eigenvalue weighted by atomic mass is 10.3. The van der Waals surface area contributed by atoms with Crippen LogP contribution < -0.4 is 11.3 Å². The standard InChI is InChI=1S/C9H15BrN2S2/c1-6(2)14-5-8(12-11)9-7(10)3-4-13-9/h3-4,6,8,12H,5,11H2,1-2H3. The number of halogens is 1. The number of nitrogens with two attached hydrogens (primary N) is 1. The van der Waals surface area contributed by atoms with E-state index in [4.69, 9.17) is 5.84 Å². The SMILES string of the molecule is CC(C)SCC(NN)c1sccc1Br. The molecular formula is C9H15BrN2S2. The van der Waals surface area contributed by atoms with E-state index in [9.17, 15) is 0 Å². The van der Waals surface area contributed by atoms with E-state index in [-0.39, 0.29) is 6.04 Å². The molecule has 1 heterocycles. The summed E-state index contributed by atoms with van der Waals surface area (Å²) in [7, 11) is 0. The summed E-state index contributed by atoms with van der Waals surface area (Å²) in [6, 6.07) is 2.31. The van der Waals surface area contributed by atoms with Crippen LogP contribution in [0.2, 0.25) is 0 Å². The monoisotopic (exact) mass is 294 g/mol. The third kappa shape index (κ3) is 3.55. The summed E-state index contributed by atoms with van der Waals surface area (Å²) in [5.74, 6) is 6.55. The van der Waals surface area contributed by atoms with Crippen LogP contribution in [-0.2, 0) is 0 Å². The minimum Gasteiger partial charge on any atom is -0.271 e. The lowest BCUT2D eigenvalue weighted by molar-refractivity contribution is 0.618. The fraction of sp³-hybridized carbons (Fsp3) is 0.556. The summed E-state index contributed by atoms with van der Waals surface area (Å²) in [5.41, 5.74) is 2.86. The van der Waals surface area contributed by atoms with Gasteiger partial charge in [-0.15, -0.1) is 11.3 Å². The first-order valence-corrected chi connectivity index (χ1v) is 7.18. The molecule has 0 saturated carbocycles. The van der Waals surface area contributed by atoms with Crippen LogP contribution >= 0.6 is 39.0 Å². The Kier molecular flexibility index (Phi) is 5.48. The average molecular weight is 295 g/mol. The molecule has 0 aliphatic heterocycles. The number of thioether (sulfide) groups is 1. The van der Waals surface area contributed by atoms with Gasteiger partial charge >= 0.3 is 0 Å². The minimum atomic E-state index is 0.247. The molecule has 0 saturated heterocycles. The number of hydrogen-bond donors (Lipinski definition) is 2. The molecule has 0 amide bonds. The molecule has 3 N–H and O–H groups in total. The molecule has 1 rings (SSSR count). The van der Waals surface area contributed by atoms with Gasteiger partial charge < -0.3 is 0 Å². The largest absolute Gasteiger partial charge is 0.271 e. The zero-order valence-corrected chi connectivity index (χ0v) is 11.5. The Morgan fingerprint density at radius 1 is 1.64 bits per heavy atom. The van der Waals surface area contributed by atoms with Crippen LogP contribution in [0.5, 0.6) is 0 Å². The van der Waals surface area contributed by atoms with Gasteiger partial charge in [0.2, 0.25) is 0 Å². The van der Waals surface area contributed by atoms with Crippen molar-refractivity contribution in [2.24, 2.45) is 5.84 Å². The molecule has 0 bridgehead atoms. The van der Waals surface area contributed by atoms with Crippen LogP contribution in [0.4, 0.5) is 0 Å². The van der Waals surface area contributed by atoms with Gasteiger partial charge in [0.25, 0.3) is 0 Å². The molecular weight excluding hydrogens is 280 g/mol. The van der Waals surface area contributed by atoms with Gasteiger partial charge in [0.1, 0.15) is 0 Å². The Balaban J connectivity index is 2.58. The first kappa shape index (κ1) is 12.5. The summed E-state index contributed by atoms with van der Waals surface area (Å²) < 4.78 is 1.15. The molecule has 1 aromatic heterocycles. The van der Waals surface area contributed by atoms with Crippen LogP contribution in [0.25, 0.3) is 0 Å².